The number of likely N-dealkylation sites (tertiary alicyclic amines) is 1. The molecule has 0 aliphatic carbocycles. The van der Waals surface area contributed by atoms with Gasteiger partial charge in [-0.2, -0.15) is 0 Å². The van der Waals surface area contributed by atoms with Crippen LogP contribution in [-0.4, -0.2) is 38.6 Å². The number of hydrogen-bond acceptors (Lipinski definition) is 5. The van der Waals surface area contributed by atoms with E-state index in [4.69, 9.17) is 0 Å². The van der Waals surface area contributed by atoms with Gasteiger partial charge in [0.05, 0.1) is 0 Å². The number of carbonyl (C=O) groups is 3. The molecule has 0 spiro atoms. The zero-order chi connectivity index (χ0) is 23.0. The Bertz CT molecular complexity index is 1090. The molecule has 33 heavy (non-hydrogen) atoms. The van der Waals surface area contributed by atoms with Gasteiger partial charge < -0.3 is 4.90 Å². The highest BCUT2D eigenvalue weighted by atomic mass is 32.2. The summed E-state index contributed by atoms with van der Waals surface area (Å²) in [6, 6.07) is 28.2. The van der Waals surface area contributed by atoms with Crippen molar-refractivity contribution in [3.8, 4) is 0 Å². The van der Waals surface area contributed by atoms with Gasteiger partial charge in [-0.25, -0.2) is 0 Å². The molecule has 2 atom stereocenters. The van der Waals surface area contributed by atoms with Crippen molar-refractivity contribution in [2.75, 3.05) is 11.5 Å². The molecule has 0 radical (unpaired) electrons. The molecule has 0 bridgehead atoms. The van der Waals surface area contributed by atoms with Crippen molar-refractivity contribution in [2.24, 2.45) is 5.92 Å². The van der Waals surface area contributed by atoms with Gasteiger partial charge in [-0.15, -0.1) is 0 Å². The maximum absolute atomic E-state index is 13.3. The van der Waals surface area contributed by atoms with Crippen molar-refractivity contribution < 1.29 is 14.4 Å². The number of rotatable bonds is 8. The molecule has 168 valence electrons. The van der Waals surface area contributed by atoms with Crippen LogP contribution >= 0.6 is 23.5 Å². The minimum Gasteiger partial charge on any atom is -0.334 e. The van der Waals surface area contributed by atoms with Gasteiger partial charge in [-0.05, 0) is 12.0 Å². The SMILES string of the molecule is O=C(SCC1CC(CSC(=O)c2ccccc2)N(Cc2ccccc2)C1=O)c1ccccc1. The Balaban J connectivity index is 1.42. The predicted molar refractivity (Wildman–Crippen MR) is 135 cm³/mol. The molecule has 4 nitrogen and oxygen atoms in total. The fraction of sp³-hybridized carbons (Fsp3) is 0.222. The standard InChI is InChI=1S/C27H25NO3S2/c29-25-23(18-32-26(30)21-12-6-2-7-13-21)16-24(28(25)17-20-10-4-1-5-11-20)19-33-27(31)22-14-8-3-9-15-22/h1-15,23-24H,16-19H2. The molecule has 3 aromatic rings. The maximum Gasteiger partial charge on any atom is 0.227 e. The van der Waals surface area contributed by atoms with Crippen LogP contribution in [0.5, 0.6) is 0 Å². The summed E-state index contributed by atoms with van der Waals surface area (Å²) >= 11 is 2.46. The molecule has 0 N–H and O–H groups in total. The number of thioether (sulfide) groups is 2. The first kappa shape index (κ1) is 23.3. The minimum atomic E-state index is -0.233. The molecule has 0 aromatic heterocycles. The molecule has 1 aliphatic rings. The Labute approximate surface area is 202 Å². The lowest BCUT2D eigenvalue weighted by molar-refractivity contribution is -0.131. The second kappa shape index (κ2) is 11.3. The van der Waals surface area contributed by atoms with E-state index < -0.39 is 0 Å². The first-order chi connectivity index (χ1) is 16.1. The molecule has 1 fully saturated rings. The van der Waals surface area contributed by atoms with E-state index in [0.29, 0.717) is 35.6 Å². The zero-order valence-corrected chi connectivity index (χ0v) is 19.8. The summed E-state index contributed by atoms with van der Waals surface area (Å²) in [6.07, 6.45) is 0.649. The lowest BCUT2D eigenvalue weighted by atomic mass is 10.1. The normalized spacial score (nSPS) is 17.8. The van der Waals surface area contributed by atoms with Crippen molar-refractivity contribution in [1.29, 1.82) is 0 Å². The Kier molecular flexibility index (Phi) is 8.02. The van der Waals surface area contributed by atoms with E-state index in [2.05, 4.69) is 0 Å². The fourth-order valence-electron chi connectivity index (χ4n) is 3.92. The van der Waals surface area contributed by atoms with Crippen molar-refractivity contribution in [1.82, 2.24) is 4.90 Å². The van der Waals surface area contributed by atoms with Crippen LogP contribution in [0.4, 0.5) is 0 Å². The molecule has 1 heterocycles. The van der Waals surface area contributed by atoms with Crippen molar-refractivity contribution in [3.05, 3.63) is 108 Å². The average molecular weight is 476 g/mol. The number of carbonyl (C=O) groups excluding carboxylic acids is 3. The van der Waals surface area contributed by atoms with Crippen molar-refractivity contribution in [2.45, 2.75) is 19.0 Å². The van der Waals surface area contributed by atoms with Gasteiger partial charge in [0.15, 0.2) is 0 Å². The Morgan fingerprint density at radius 3 is 1.76 bits per heavy atom. The number of amides is 1. The van der Waals surface area contributed by atoms with Crippen LogP contribution in [0.2, 0.25) is 0 Å². The highest BCUT2D eigenvalue weighted by Gasteiger charge is 2.39. The zero-order valence-electron chi connectivity index (χ0n) is 18.1. The average Bonchev–Trinajstić information content (AvgIpc) is 3.16. The van der Waals surface area contributed by atoms with E-state index in [1.165, 1.54) is 23.5 Å². The second-order valence-corrected chi connectivity index (χ2v) is 9.95. The quantitative estimate of drug-likeness (QED) is 0.427. The fourth-order valence-corrected chi connectivity index (χ4v) is 5.82. The third-order valence-electron chi connectivity index (χ3n) is 5.67. The summed E-state index contributed by atoms with van der Waals surface area (Å²) in [7, 11) is 0. The molecular weight excluding hydrogens is 450 g/mol. The van der Waals surface area contributed by atoms with Crippen LogP contribution in [0.25, 0.3) is 0 Å². The van der Waals surface area contributed by atoms with E-state index in [9.17, 15) is 14.4 Å². The monoisotopic (exact) mass is 475 g/mol. The lowest BCUT2D eigenvalue weighted by Gasteiger charge is -2.24. The molecule has 3 aromatic carbocycles. The van der Waals surface area contributed by atoms with Gasteiger partial charge in [0, 0.05) is 41.1 Å². The van der Waals surface area contributed by atoms with E-state index in [-0.39, 0.29) is 28.1 Å². The van der Waals surface area contributed by atoms with Crippen LogP contribution in [0, 0.1) is 5.92 Å². The van der Waals surface area contributed by atoms with Crippen LogP contribution in [-0.2, 0) is 11.3 Å². The van der Waals surface area contributed by atoms with E-state index in [1.54, 1.807) is 12.1 Å². The second-order valence-electron chi connectivity index (χ2n) is 7.97. The topological polar surface area (TPSA) is 54.5 Å². The van der Waals surface area contributed by atoms with Crippen LogP contribution in [0.3, 0.4) is 0 Å². The smallest absolute Gasteiger partial charge is 0.227 e. The third-order valence-corrected chi connectivity index (χ3v) is 7.78. The van der Waals surface area contributed by atoms with Crippen LogP contribution in [0.15, 0.2) is 91.0 Å². The van der Waals surface area contributed by atoms with Crippen molar-refractivity contribution in [3.63, 3.8) is 0 Å². The predicted octanol–water partition coefficient (Wildman–Crippen LogP) is 5.55. The minimum absolute atomic E-state index is 0.0137. The summed E-state index contributed by atoms with van der Waals surface area (Å²) in [5.41, 5.74) is 2.38. The van der Waals surface area contributed by atoms with E-state index in [0.717, 1.165) is 5.56 Å². The molecule has 6 heteroatoms. The first-order valence-corrected chi connectivity index (χ1v) is 12.9. The largest absolute Gasteiger partial charge is 0.334 e. The lowest BCUT2D eigenvalue weighted by Crippen LogP contribution is -2.35. The highest BCUT2D eigenvalue weighted by Crippen LogP contribution is 2.32. The molecule has 2 unspecified atom stereocenters. The van der Waals surface area contributed by atoms with Crippen molar-refractivity contribution >= 4 is 39.7 Å². The van der Waals surface area contributed by atoms with Gasteiger partial charge in [-0.1, -0.05) is 115 Å². The van der Waals surface area contributed by atoms with Gasteiger partial charge in [0.25, 0.3) is 0 Å². The number of benzene rings is 3. The molecule has 1 aliphatic heterocycles. The summed E-state index contributed by atoms with van der Waals surface area (Å²) in [4.78, 5) is 40.3. The molecule has 0 saturated carbocycles. The summed E-state index contributed by atoms with van der Waals surface area (Å²) in [6.45, 7) is 0.512. The third kappa shape index (κ3) is 6.15. The molecule has 4 rings (SSSR count). The Hall–Kier alpha value is -2.83. The molecule has 1 amide bonds. The van der Waals surface area contributed by atoms with E-state index in [1.807, 2.05) is 83.8 Å². The molecule has 1 saturated heterocycles. The number of hydrogen-bond donors (Lipinski definition) is 0. The van der Waals surface area contributed by atoms with E-state index >= 15 is 0 Å². The molecular formula is C27H25NO3S2. The highest BCUT2D eigenvalue weighted by molar-refractivity contribution is 8.14. The van der Waals surface area contributed by atoms with Gasteiger partial charge in [0.1, 0.15) is 0 Å². The maximum atomic E-state index is 13.3. The Morgan fingerprint density at radius 1 is 0.727 bits per heavy atom. The van der Waals surface area contributed by atoms with Gasteiger partial charge in [0.2, 0.25) is 16.1 Å². The Morgan fingerprint density at radius 2 is 1.21 bits per heavy atom. The summed E-state index contributed by atoms with van der Waals surface area (Å²) in [5, 5.41) is -0.00474. The summed E-state index contributed by atoms with van der Waals surface area (Å²) in [5.74, 6) is 0.819. The first-order valence-electron chi connectivity index (χ1n) is 10.9. The van der Waals surface area contributed by atoms with Gasteiger partial charge >= 0.3 is 0 Å². The number of nitrogens with zero attached hydrogens (tertiary/aromatic N) is 1. The summed E-state index contributed by atoms with van der Waals surface area (Å²) < 4.78 is 0. The van der Waals surface area contributed by atoms with Crippen LogP contribution in [0.1, 0.15) is 32.7 Å². The van der Waals surface area contributed by atoms with Crippen LogP contribution < -0.4 is 0 Å². The van der Waals surface area contributed by atoms with Gasteiger partial charge in [-0.3, -0.25) is 14.4 Å².